The van der Waals surface area contributed by atoms with Crippen LogP contribution < -0.4 is 4.74 Å². The van der Waals surface area contributed by atoms with Crippen molar-refractivity contribution in [3.05, 3.63) is 28.2 Å². The number of halogens is 2. The van der Waals surface area contributed by atoms with Crippen LogP contribution in [0.2, 0.25) is 10.0 Å². The van der Waals surface area contributed by atoms with E-state index in [1.54, 1.807) is 23.1 Å². The molecule has 1 aliphatic rings. The van der Waals surface area contributed by atoms with Crippen LogP contribution in [-0.4, -0.2) is 54.4 Å². The maximum absolute atomic E-state index is 12.2. The third kappa shape index (κ3) is 5.28. The lowest BCUT2D eigenvalue weighted by Crippen LogP contribution is -2.51. The van der Waals surface area contributed by atoms with E-state index in [9.17, 15) is 9.59 Å². The molecule has 2 rings (SSSR count). The number of carbonyl (C=O) groups excluding carboxylic acids is 2. The highest BCUT2D eigenvalue weighted by Crippen LogP contribution is 2.27. The lowest BCUT2D eigenvalue weighted by atomic mass is 10.1. The van der Waals surface area contributed by atoms with E-state index >= 15 is 0 Å². The molecule has 24 heavy (non-hydrogen) atoms. The van der Waals surface area contributed by atoms with E-state index in [0.717, 1.165) is 0 Å². The molecule has 0 unspecified atom stereocenters. The van der Waals surface area contributed by atoms with Gasteiger partial charge in [-0.2, -0.15) is 0 Å². The summed E-state index contributed by atoms with van der Waals surface area (Å²) in [4.78, 5) is 27.8. The van der Waals surface area contributed by atoms with E-state index in [-0.39, 0.29) is 18.4 Å². The molecule has 1 heterocycles. The Morgan fingerprint density at radius 3 is 2.21 bits per heavy atom. The van der Waals surface area contributed by atoms with Gasteiger partial charge in [-0.3, -0.25) is 9.59 Å². The van der Waals surface area contributed by atoms with Crippen molar-refractivity contribution in [3.8, 4) is 5.75 Å². The molecule has 1 saturated heterocycles. The SMILES string of the molecule is CC(C)CC(=O)N1CCN(C(=O)COc2ccc(Cl)cc2Cl)CC1. The zero-order chi connectivity index (χ0) is 17.7. The molecule has 132 valence electrons. The summed E-state index contributed by atoms with van der Waals surface area (Å²) < 4.78 is 5.47. The Kier molecular flexibility index (Phi) is 6.75. The number of amides is 2. The standard InChI is InChI=1S/C17H22Cl2N2O3/c1-12(2)9-16(22)20-5-7-21(8-6-20)17(23)11-24-15-4-3-13(18)10-14(15)19/h3-4,10,12H,5-9,11H2,1-2H3. The number of ether oxygens (including phenoxy) is 1. The second-order valence-electron chi connectivity index (χ2n) is 6.22. The Morgan fingerprint density at radius 1 is 1.08 bits per heavy atom. The van der Waals surface area contributed by atoms with Crippen LogP contribution in [0.1, 0.15) is 20.3 Å². The van der Waals surface area contributed by atoms with E-state index in [1.165, 1.54) is 0 Å². The zero-order valence-electron chi connectivity index (χ0n) is 13.9. The van der Waals surface area contributed by atoms with Gasteiger partial charge in [-0.15, -0.1) is 0 Å². The van der Waals surface area contributed by atoms with Gasteiger partial charge in [-0.25, -0.2) is 0 Å². The quantitative estimate of drug-likeness (QED) is 0.797. The number of hydrogen-bond donors (Lipinski definition) is 0. The van der Waals surface area contributed by atoms with E-state index in [2.05, 4.69) is 0 Å². The first-order chi connectivity index (χ1) is 11.4. The number of benzene rings is 1. The van der Waals surface area contributed by atoms with Gasteiger partial charge in [0.2, 0.25) is 5.91 Å². The molecule has 5 nitrogen and oxygen atoms in total. The summed E-state index contributed by atoms with van der Waals surface area (Å²) in [6, 6.07) is 4.87. The molecule has 0 saturated carbocycles. The van der Waals surface area contributed by atoms with Gasteiger partial charge in [0.15, 0.2) is 6.61 Å². The first-order valence-electron chi connectivity index (χ1n) is 8.00. The van der Waals surface area contributed by atoms with Gasteiger partial charge in [-0.05, 0) is 24.1 Å². The van der Waals surface area contributed by atoms with Crippen LogP contribution in [0, 0.1) is 5.92 Å². The van der Waals surface area contributed by atoms with Gasteiger partial charge in [-0.1, -0.05) is 37.0 Å². The van der Waals surface area contributed by atoms with Gasteiger partial charge >= 0.3 is 0 Å². The molecule has 1 fully saturated rings. The van der Waals surface area contributed by atoms with E-state index in [0.29, 0.717) is 54.3 Å². The first kappa shape index (κ1) is 18.9. The Bertz CT molecular complexity index is 599. The van der Waals surface area contributed by atoms with Gasteiger partial charge < -0.3 is 14.5 Å². The number of nitrogens with zero attached hydrogens (tertiary/aromatic N) is 2. The first-order valence-corrected chi connectivity index (χ1v) is 8.76. The Balaban J connectivity index is 1.79. The third-order valence-corrected chi connectivity index (χ3v) is 4.34. The molecule has 0 aromatic heterocycles. The molecule has 7 heteroatoms. The normalized spacial score (nSPS) is 14.9. The van der Waals surface area contributed by atoms with Crippen molar-refractivity contribution in [2.75, 3.05) is 32.8 Å². The summed E-state index contributed by atoms with van der Waals surface area (Å²) in [6.07, 6.45) is 0.548. The maximum Gasteiger partial charge on any atom is 0.260 e. The summed E-state index contributed by atoms with van der Waals surface area (Å²) >= 11 is 11.8. The van der Waals surface area contributed by atoms with Gasteiger partial charge in [0, 0.05) is 37.6 Å². The molecule has 0 atom stereocenters. The van der Waals surface area contributed by atoms with Crippen molar-refractivity contribution < 1.29 is 14.3 Å². The summed E-state index contributed by atoms with van der Waals surface area (Å²) in [5.74, 6) is 0.813. The second-order valence-corrected chi connectivity index (χ2v) is 7.07. The maximum atomic E-state index is 12.2. The molecular weight excluding hydrogens is 351 g/mol. The van der Waals surface area contributed by atoms with Crippen molar-refractivity contribution in [1.82, 2.24) is 9.80 Å². The highest BCUT2D eigenvalue weighted by atomic mass is 35.5. The van der Waals surface area contributed by atoms with Crippen molar-refractivity contribution in [1.29, 1.82) is 0 Å². The lowest BCUT2D eigenvalue weighted by molar-refractivity contribution is -0.141. The predicted octanol–water partition coefficient (Wildman–Crippen LogP) is 3.09. The van der Waals surface area contributed by atoms with Gasteiger partial charge in [0.05, 0.1) is 5.02 Å². The molecule has 2 amide bonds. The summed E-state index contributed by atoms with van der Waals surface area (Å²) in [7, 11) is 0. The Labute approximate surface area is 152 Å². The molecule has 0 bridgehead atoms. The molecule has 1 aromatic rings. The average Bonchev–Trinajstić information content (AvgIpc) is 2.53. The number of piperazine rings is 1. The van der Waals surface area contributed by atoms with Crippen LogP contribution in [-0.2, 0) is 9.59 Å². The summed E-state index contributed by atoms with van der Waals surface area (Å²) in [5, 5.41) is 0.889. The van der Waals surface area contributed by atoms with E-state index in [4.69, 9.17) is 27.9 Å². The van der Waals surface area contributed by atoms with Crippen molar-refractivity contribution in [2.45, 2.75) is 20.3 Å². The molecule has 1 aromatic carbocycles. The van der Waals surface area contributed by atoms with Crippen LogP contribution in [0.15, 0.2) is 18.2 Å². The molecule has 0 N–H and O–H groups in total. The molecule has 0 spiro atoms. The van der Waals surface area contributed by atoms with Crippen molar-refractivity contribution in [2.24, 2.45) is 5.92 Å². The minimum Gasteiger partial charge on any atom is -0.482 e. The smallest absolute Gasteiger partial charge is 0.260 e. The molecule has 0 aliphatic carbocycles. The van der Waals surface area contributed by atoms with Gasteiger partial charge in [0.1, 0.15) is 5.75 Å². The van der Waals surface area contributed by atoms with E-state index in [1.807, 2.05) is 18.7 Å². The molecular formula is C17H22Cl2N2O3. The third-order valence-electron chi connectivity index (χ3n) is 3.81. The Hall–Kier alpha value is -1.46. The van der Waals surface area contributed by atoms with Crippen LogP contribution in [0.25, 0.3) is 0 Å². The predicted molar refractivity (Wildman–Crippen MR) is 94.6 cm³/mol. The number of rotatable bonds is 5. The van der Waals surface area contributed by atoms with Crippen LogP contribution in [0.4, 0.5) is 0 Å². The molecule has 0 radical (unpaired) electrons. The monoisotopic (exact) mass is 372 g/mol. The average molecular weight is 373 g/mol. The van der Waals surface area contributed by atoms with Gasteiger partial charge in [0.25, 0.3) is 5.91 Å². The number of carbonyl (C=O) groups is 2. The summed E-state index contributed by atoms with van der Waals surface area (Å²) in [6.45, 7) is 6.16. The van der Waals surface area contributed by atoms with Crippen molar-refractivity contribution in [3.63, 3.8) is 0 Å². The topological polar surface area (TPSA) is 49.9 Å². The van der Waals surface area contributed by atoms with E-state index < -0.39 is 0 Å². The molecule has 1 aliphatic heterocycles. The minimum atomic E-state index is -0.114. The highest BCUT2D eigenvalue weighted by molar-refractivity contribution is 6.35. The summed E-state index contributed by atoms with van der Waals surface area (Å²) in [5.41, 5.74) is 0. The highest BCUT2D eigenvalue weighted by Gasteiger charge is 2.24. The fourth-order valence-corrected chi connectivity index (χ4v) is 2.97. The zero-order valence-corrected chi connectivity index (χ0v) is 15.4. The fraction of sp³-hybridized carbons (Fsp3) is 0.529. The largest absolute Gasteiger partial charge is 0.482 e. The minimum absolute atomic E-state index is 0.0821. The fourth-order valence-electron chi connectivity index (χ4n) is 2.51. The van der Waals surface area contributed by atoms with Crippen LogP contribution >= 0.6 is 23.2 Å². The van der Waals surface area contributed by atoms with Crippen LogP contribution in [0.3, 0.4) is 0 Å². The lowest BCUT2D eigenvalue weighted by Gasteiger charge is -2.35. The van der Waals surface area contributed by atoms with Crippen LogP contribution in [0.5, 0.6) is 5.75 Å². The number of hydrogen-bond acceptors (Lipinski definition) is 3. The Morgan fingerprint density at radius 2 is 1.67 bits per heavy atom. The second kappa shape index (κ2) is 8.58. The van der Waals surface area contributed by atoms with Crippen molar-refractivity contribution >= 4 is 35.0 Å².